The van der Waals surface area contributed by atoms with Crippen molar-refractivity contribution in [3.63, 3.8) is 0 Å². The number of hydrogen-bond acceptors (Lipinski definition) is 0. The van der Waals surface area contributed by atoms with Crippen molar-refractivity contribution in [2.24, 2.45) is 0 Å². The van der Waals surface area contributed by atoms with Gasteiger partial charge < -0.3 is 0 Å². The lowest BCUT2D eigenvalue weighted by Crippen LogP contribution is -2.65. The molecule has 0 unspecified atom stereocenters. The van der Waals surface area contributed by atoms with Gasteiger partial charge in [-0.2, -0.15) is 0 Å². The van der Waals surface area contributed by atoms with Gasteiger partial charge in [-0.15, -0.1) is 45.8 Å². The van der Waals surface area contributed by atoms with E-state index in [0.29, 0.717) is 0 Å². The van der Waals surface area contributed by atoms with Crippen LogP contribution in [-0.4, -0.2) is 219 Å². The highest BCUT2D eigenvalue weighted by atomic mass is 15.7. The number of hydrogen-bond donors (Lipinski definition) is 0. The summed E-state index contributed by atoms with van der Waals surface area (Å²) in [5.41, 5.74) is 31.6. The molecule has 5 saturated heterocycles. The summed E-state index contributed by atoms with van der Waals surface area (Å²) in [4.78, 5) is 0. The molecule has 0 radical (unpaired) electrons. The number of para-hydroxylation sites is 10. The fourth-order valence-electron chi connectivity index (χ4n) is 27.7. The van der Waals surface area contributed by atoms with Gasteiger partial charge in [-0.25, -0.2) is 45.7 Å². The van der Waals surface area contributed by atoms with Crippen molar-refractivity contribution in [2.45, 2.75) is 82.9 Å². The highest BCUT2D eigenvalue weighted by Crippen LogP contribution is 2.50. The van der Waals surface area contributed by atoms with E-state index in [0.717, 1.165) is 78.3 Å². The lowest BCUT2D eigenvalue weighted by atomic mass is 10.1. The van der Waals surface area contributed by atoms with Gasteiger partial charge in [0.1, 0.15) is 0 Å². The molecule has 133 heavy (non-hydrogen) atoms. The average molecular weight is 1730 g/mol. The first kappa shape index (κ1) is 73.1. The first-order valence-corrected chi connectivity index (χ1v) is 47.8. The Morgan fingerprint density at radius 2 is 0.338 bits per heavy atom. The van der Waals surface area contributed by atoms with E-state index in [-0.39, 0.29) is 29.6 Å². The van der Waals surface area contributed by atoms with E-state index in [1.54, 1.807) is 0 Å². The van der Waals surface area contributed by atoms with Crippen LogP contribution in [0, 0.1) is 27.7 Å². The first-order valence-electron chi connectivity index (χ1n) is 47.8. The highest BCUT2D eigenvalue weighted by molar-refractivity contribution is 6.07. The van der Waals surface area contributed by atoms with E-state index in [1.807, 2.05) is 0 Å². The van der Waals surface area contributed by atoms with Crippen molar-refractivity contribution in [3.05, 3.63) is 358 Å². The zero-order valence-corrected chi connectivity index (χ0v) is 74.7. The summed E-state index contributed by atoms with van der Waals surface area (Å²) in [7, 11) is 0. The lowest BCUT2D eigenvalue weighted by molar-refractivity contribution is -0.886. The van der Waals surface area contributed by atoms with Gasteiger partial charge in [0.25, 0.3) is 0 Å². The second-order valence-corrected chi connectivity index (χ2v) is 39.1. The van der Waals surface area contributed by atoms with E-state index < -0.39 is 0 Å². The third kappa shape index (κ3) is 8.81. The fourth-order valence-corrected chi connectivity index (χ4v) is 27.7. The van der Waals surface area contributed by atoms with E-state index in [4.69, 9.17) is 0 Å². The third-order valence-electron chi connectivity index (χ3n) is 32.4. The second-order valence-electron chi connectivity index (χ2n) is 39.1. The zero-order chi connectivity index (χ0) is 87.2. The van der Waals surface area contributed by atoms with Gasteiger partial charge in [-0.05, 0) is 149 Å². The molecule has 5 spiro atoms. The summed E-state index contributed by atoms with van der Waals surface area (Å²) >= 11 is 0. The number of aryl methyl sites for hydroxylation is 4. The van der Waals surface area contributed by atoms with Crippen LogP contribution in [0.15, 0.2) is 280 Å². The van der Waals surface area contributed by atoms with Crippen LogP contribution in [0.2, 0.25) is 0 Å². The predicted molar refractivity (Wildman–Crippen MR) is 527 cm³/mol. The third-order valence-corrected chi connectivity index (χ3v) is 32.4. The number of benzene rings is 10. The minimum atomic E-state index is -0.376. The van der Waals surface area contributed by atoms with Crippen molar-refractivity contribution < 1.29 is 45.8 Å². The Kier molecular flexibility index (Phi) is 14.0. The molecule has 0 aliphatic carbocycles. The summed E-state index contributed by atoms with van der Waals surface area (Å²) in [5, 5.41) is 13.1. The maximum Gasteiger partial charge on any atom is 0.541 e. The van der Waals surface area contributed by atoms with Crippen LogP contribution in [0.5, 0.6) is 0 Å². The molecular formula is C113H96N20+10. The Morgan fingerprint density at radius 1 is 0.173 bits per heavy atom. The minimum Gasteiger partial charge on any atom is -0.206 e. The summed E-state index contributed by atoms with van der Waals surface area (Å²) < 4.78 is 50.4. The normalized spacial score (nSPS) is 18.9. The molecule has 10 aromatic carbocycles. The van der Waals surface area contributed by atoms with Gasteiger partial charge >= 0.3 is 29.6 Å². The lowest BCUT2D eigenvalue weighted by Gasteiger charge is -2.38. The molecule has 0 atom stereocenters. The maximum atomic E-state index is 2.58. The van der Waals surface area contributed by atoms with Gasteiger partial charge in [-0.3, -0.25) is 0 Å². The summed E-state index contributed by atoms with van der Waals surface area (Å²) in [6.07, 6.45) is 42.0. The van der Waals surface area contributed by atoms with Crippen LogP contribution in [0.25, 0.3) is 109 Å². The topological polar surface area (TPSA) is 79.4 Å². The fraction of sp³-hybridized carbons (Fsp3) is 0.204. The molecule has 20 heteroatoms. The van der Waals surface area contributed by atoms with Crippen LogP contribution in [0.1, 0.15) is 104 Å². The monoisotopic (exact) mass is 1730 g/mol. The molecule has 10 aromatic heterocycles. The van der Waals surface area contributed by atoms with Crippen molar-refractivity contribution in [1.29, 1.82) is 0 Å². The summed E-state index contributed by atoms with van der Waals surface area (Å²) in [5.74, 6) is -1.81. The van der Waals surface area contributed by atoms with Crippen LogP contribution in [0.4, 0.5) is 0 Å². The molecule has 0 amide bonds. The van der Waals surface area contributed by atoms with Crippen LogP contribution < -0.4 is 0 Å². The zero-order valence-electron chi connectivity index (χ0n) is 74.7. The Hall–Kier alpha value is -15.7. The molecular weight excluding hydrogens is 1640 g/mol. The standard InChI is InChI=1S/C24H22N4.2C23H20N4.C22H18N4.C21H16N4/c1-16-12-18-6-3-8-20-14-25-10-5-11-26-15-21-9-4-7-19-13-17(2)28(23(19)21)24(25,26)27(16)22(18)20;1-15-11-17-5-3-7-19-13-24-9-10-25-14-20-8-4-6-18-12-16(2)27(22(18)20)23(24,25)26(15)21(17)19;1-2-12-25-16-20-8-4-6-18-10-14-27(22(18)20)23(25)24(11-1)15-19-7-3-5-17-9-13-26(23)21(17)19;1-4-16-8-12-25-20(16)18(6-1)14-23-10-3-11-24-15-19-7-2-5-17-9-13-26(21(17)19)22(23,24)25;1-3-15-7-9-24-19(15)17(5-1)13-22-11-12-23-14-18-6-2-4-16-8-10-25(20(16)18)21(22,23)24/h3-4,6-9,12-15H,5,10-11H2,1-2H3;3-8,11-14H,9-10H2,1-2H3;3-10,13-16H,1-2,11-12H2;1-2,4-9,12-15H,3,10-11H2;1-10,13-14H,11-12H2/q5*+2. The predicted octanol–water partition coefficient (Wildman–Crippen LogP) is 15.9. The molecule has 15 aliphatic heterocycles. The summed E-state index contributed by atoms with van der Waals surface area (Å²) in [6, 6.07) is 89.2. The van der Waals surface area contributed by atoms with Gasteiger partial charge in [0.05, 0.1) is 124 Å². The molecule has 638 valence electrons. The second kappa shape index (κ2) is 25.5. The molecule has 0 N–H and O–H groups in total. The highest BCUT2D eigenvalue weighted by Gasteiger charge is 2.70. The average Bonchev–Trinajstić information content (AvgIpc) is 1.51. The van der Waals surface area contributed by atoms with Crippen LogP contribution >= 0.6 is 0 Å². The Labute approximate surface area is 764 Å². The van der Waals surface area contributed by atoms with E-state index in [9.17, 15) is 0 Å². The smallest absolute Gasteiger partial charge is 0.206 e. The molecule has 0 saturated carbocycles. The Bertz CT molecular complexity index is 8660. The number of aromatic nitrogens is 10. The molecule has 0 bridgehead atoms. The van der Waals surface area contributed by atoms with Crippen molar-refractivity contribution in [3.8, 4) is 0 Å². The molecule has 20 nitrogen and oxygen atoms in total. The quantitative estimate of drug-likeness (QED) is 0.136. The Balaban J connectivity index is 0.0000000781. The molecule has 35 rings (SSSR count). The summed E-state index contributed by atoms with van der Waals surface area (Å²) in [6.45, 7) is 19.4. The van der Waals surface area contributed by atoms with Gasteiger partial charge in [0.2, 0.25) is 26.2 Å². The van der Waals surface area contributed by atoms with E-state index in [1.165, 1.54) is 200 Å². The van der Waals surface area contributed by atoms with Crippen molar-refractivity contribution in [1.82, 2.24) is 45.7 Å². The van der Waals surface area contributed by atoms with E-state index >= 15 is 0 Å². The number of rotatable bonds is 0. The van der Waals surface area contributed by atoms with E-state index in [2.05, 4.69) is 461 Å². The van der Waals surface area contributed by atoms with Gasteiger partial charge in [0, 0.05) is 127 Å². The first-order chi connectivity index (χ1) is 65.5. The maximum absolute atomic E-state index is 2.58. The SMILES string of the molecule is C1=[N+]2CCCC[N+]3=Cc4cccc5ccn(c45)C23n2ccc3cccc1c32.C1=[N+]2CCC[N+]3=Cc4cccc5ccn(c45)C23n2ccc3cccc1c32.C1=[N+]2CC[N+]3=Cc4cccc5ccn(c45)C23n2ccc3cccc1c32.Cc1cc2cccc3c2n1C12n4c(C)cc5cccc(c54)C=[N+]1CCC[N+]2=C3.Cc1cc2cccc3c2n1C12n4c(C)cc5cccc(c54)C=[N+]1CC[N+]2=C3. The Morgan fingerprint density at radius 3 is 0.549 bits per heavy atom. The molecule has 25 heterocycles. The minimum absolute atomic E-state index is 0.341. The van der Waals surface area contributed by atoms with Gasteiger partial charge in [-0.1, -0.05) is 121 Å². The van der Waals surface area contributed by atoms with Crippen LogP contribution in [-0.2, 0) is 29.6 Å². The largest absolute Gasteiger partial charge is 0.541 e. The number of nitrogens with zero attached hydrogens (tertiary/aromatic N) is 20. The van der Waals surface area contributed by atoms with Gasteiger partial charge in [0.15, 0.2) is 101 Å². The molecule has 15 aliphatic rings. The van der Waals surface area contributed by atoms with Crippen molar-refractivity contribution >= 4 is 171 Å². The molecule has 20 aromatic rings. The van der Waals surface area contributed by atoms with Crippen LogP contribution in [0.3, 0.4) is 0 Å². The van der Waals surface area contributed by atoms with Crippen molar-refractivity contribution in [2.75, 3.05) is 65.4 Å². The molecule has 5 fully saturated rings.